The van der Waals surface area contributed by atoms with Gasteiger partial charge in [0, 0.05) is 13.1 Å². The molecule has 4 rings (SSSR count). The third-order valence-corrected chi connectivity index (χ3v) is 6.62. The van der Waals surface area contributed by atoms with Gasteiger partial charge in [0.15, 0.2) is 5.13 Å². The molecule has 0 N–H and O–H groups in total. The first-order valence-electron chi connectivity index (χ1n) is 10.5. The summed E-state index contributed by atoms with van der Waals surface area (Å²) >= 11 is 1.21. The fourth-order valence-electron chi connectivity index (χ4n) is 3.71. The number of nitrogens with zero attached hydrogens (tertiary/aromatic N) is 4. The van der Waals surface area contributed by atoms with Crippen LogP contribution in [0.2, 0.25) is 0 Å². The molecule has 0 unspecified atom stereocenters. The lowest BCUT2D eigenvalue weighted by Gasteiger charge is -2.26. The number of likely N-dealkylation sites (N-methyl/N-ethyl adjacent to an activating group) is 1. The zero-order valence-electron chi connectivity index (χ0n) is 17.9. The second-order valence-corrected chi connectivity index (χ2v) is 8.43. The third kappa shape index (κ3) is 4.13. The molecule has 0 fully saturated rings. The molecule has 0 aliphatic carbocycles. The van der Waals surface area contributed by atoms with Gasteiger partial charge in [-0.3, -0.25) is 24.2 Å². The third-order valence-electron chi connectivity index (χ3n) is 5.58. The number of rotatable bonds is 8. The predicted molar refractivity (Wildman–Crippen MR) is 122 cm³/mol. The molecule has 2 heterocycles. The van der Waals surface area contributed by atoms with E-state index in [2.05, 4.69) is 9.88 Å². The molecule has 1 aliphatic heterocycles. The Hall–Kier alpha value is -3.17. The second-order valence-electron chi connectivity index (χ2n) is 7.42. The van der Waals surface area contributed by atoms with Gasteiger partial charge in [0.25, 0.3) is 11.8 Å². The van der Waals surface area contributed by atoms with E-state index >= 15 is 0 Å². The highest BCUT2D eigenvalue weighted by molar-refractivity contribution is 7.22. The number of amides is 3. The average molecular weight is 455 g/mol. The van der Waals surface area contributed by atoms with Crippen LogP contribution in [-0.2, 0) is 4.79 Å². The van der Waals surface area contributed by atoms with Gasteiger partial charge in [-0.1, -0.05) is 37.3 Å². The summed E-state index contributed by atoms with van der Waals surface area (Å²) in [6.07, 6.45) is 0. The van der Waals surface area contributed by atoms with Gasteiger partial charge in [-0.2, -0.15) is 0 Å². The maximum atomic E-state index is 13.6. The van der Waals surface area contributed by atoms with Crippen LogP contribution in [-0.4, -0.2) is 65.2 Å². The predicted octanol–water partition coefficient (Wildman–Crippen LogP) is 3.41. The number of imide groups is 1. The topological polar surface area (TPSA) is 73.8 Å². The van der Waals surface area contributed by atoms with Crippen molar-refractivity contribution in [3.05, 3.63) is 59.4 Å². The molecule has 0 spiro atoms. The van der Waals surface area contributed by atoms with Crippen LogP contribution in [0.5, 0.6) is 0 Å². The van der Waals surface area contributed by atoms with Crippen molar-refractivity contribution < 1.29 is 18.8 Å². The summed E-state index contributed by atoms with van der Waals surface area (Å²) in [6.45, 7) is 6.28. The number of hydrogen-bond acceptors (Lipinski definition) is 6. The number of carbonyl (C=O) groups is 3. The number of carbonyl (C=O) groups excluding carboxylic acids is 3. The van der Waals surface area contributed by atoms with E-state index in [0.717, 1.165) is 18.0 Å². The molecule has 0 saturated heterocycles. The van der Waals surface area contributed by atoms with Gasteiger partial charge in [-0.25, -0.2) is 9.37 Å². The molecular weight excluding hydrogens is 431 g/mol. The molecule has 3 aromatic rings. The maximum Gasteiger partial charge on any atom is 0.262 e. The van der Waals surface area contributed by atoms with Crippen LogP contribution in [0.3, 0.4) is 0 Å². The summed E-state index contributed by atoms with van der Waals surface area (Å²) in [5.74, 6) is -1.74. The summed E-state index contributed by atoms with van der Waals surface area (Å²) in [4.78, 5) is 47.9. The fraction of sp³-hybridized carbons (Fsp3) is 0.304. The van der Waals surface area contributed by atoms with Crippen molar-refractivity contribution in [2.45, 2.75) is 13.8 Å². The van der Waals surface area contributed by atoms with Crippen molar-refractivity contribution in [3.63, 3.8) is 0 Å². The lowest BCUT2D eigenvalue weighted by Crippen LogP contribution is -2.45. The smallest absolute Gasteiger partial charge is 0.262 e. The van der Waals surface area contributed by atoms with Crippen molar-refractivity contribution in [2.24, 2.45) is 0 Å². The van der Waals surface area contributed by atoms with Crippen LogP contribution in [0, 0.1) is 5.82 Å². The highest BCUT2D eigenvalue weighted by Gasteiger charge is 2.37. The summed E-state index contributed by atoms with van der Waals surface area (Å²) < 4.78 is 14.3. The Morgan fingerprint density at radius 3 is 2.31 bits per heavy atom. The first-order valence-corrected chi connectivity index (χ1v) is 11.3. The Kier molecular flexibility index (Phi) is 6.29. The van der Waals surface area contributed by atoms with Crippen LogP contribution in [0.25, 0.3) is 10.2 Å². The Morgan fingerprint density at radius 2 is 1.69 bits per heavy atom. The Labute approximate surface area is 189 Å². The fourth-order valence-corrected chi connectivity index (χ4v) is 4.75. The molecule has 0 radical (unpaired) electrons. The Morgan fingerprint density at radius 1 is 1.03 bits per heavy atom. The minimum absolute atomic E-state index is 0.301. The summed E-state index contributed by atoms with van der Waals surface area (Å²) in [5, 5.41) is 0.416. The van der Waals surface area contributed by atoms with E-state index in [1.54, 1.807) is 30.3 Å². The first-order chi connectivity index (χ1) is 15.4. The van der Waals surface area contributed by atoms with E-state index < -0.39 is 17.7 Å². The molecule has 0 atom stereocenters. The van der Waals surface area contributed by atoms with Crippen LogP contribution in [0.4, 0.5) is 9.52 Å². The Bertz CT molecular complexity index is 1160. The number of fused-ring (bicyclic) bond motifs is 2. The molecule has 3 amide bonds. The van der Waals surface area contributed by atoms with E-state index in [-0.39, 0.29) is 12.4 Å². The molecular formula is C23H23FN4O3S. The van der Waals surface area contributed by atoms with Crippen LogP contribution in [0.15, 0.2) is 42.5 Å². The number of thiazole rings is 1. The summed E-state index contributed by atoms with van der Waals surface area (Å²) in [7, 11) is 0. The number of hydrogen-bond donors (Lipinski definition) is 0. The van der Waals surface area contributed by atoms with E-state index in [0.29, 0.717) is 39.6 Å². The lowest BCUT2D eigenvalue weighted by molar-refractivity contribution is -0.119. The number of benzene rings is 2. The highest BCUT2D eigenvalue weighted by Crippen LogP contribution is 2.30. The summed E-state index contributed by atoms with van der Waals surface area (Å²) in [6, 6.07) is 10.8. The van der Waals surface area contributed by atoms with Crippen molar-refractivity contribution >= 4 is 44.4 Å². The van der Waals surface area contributed by atoms with Gasteiger partial charge in [-0.05, 0) is 43.4 Å². The van der Waals surface area contributed by atoms with Crippen LogP contribution >= 0.6 is 11.3 Å². The zero-order chi connectivity index (χ0) is 22.8. The number of halogens is 1. The highest BCUT2D eigenvalue weighted by atomic mass is 32.1. The largest absolute Gasteiger partial charge is 0.302 e. The molecule has 166 valence electrons. The SMILES string of the molecule is CCN(CC)CCN(C(=O)CN1C(=O)c2ccccc2C1=O)c1nc2ccc(F)cc2s1. The van der Waals surface area contributed by atoms with Gasteiger partial charge >= 0.3 is 0 Å². The van der Waals surface area contributed by atoms with E-state index in [9.17, 15) is 18.8 Å². The molecule has 0 saturated carbocycles. The molecule has 0 bridgehead atoms. The first kappa shape index (κ1) is 22.0. The molecule has 7 nitrogen and oxygen atoms in total. The zero-order valence-corrected chi connectivity index (χ0v) is 18.7. The van der Waals surface area contributed by atoms with Crippen molar-refractivity contribution in [1.82, 2.24) is 14.8 Å². The van der Waals surface area contributed by atoms with Gasteiger partial charge in [-0.15, -0.1) is 0 Å². The van der Waals surface area contributed by atoms with E-state index in [1.165, 1.54) is 28.4 Å². The van der Waals surface area contributed by atoms with Gasteiger partial charge < -0.3 is 4.90 Å². The molecule has 9 heteroatoms. The summed E-state index contributed by atoms with van der Waals surface area (Å²) in [5.41, 5.74) is 1.19. The van der Waals surface area contributed by atoms with E-state index in [4.69, 9.17) is 0 Å². The van der Waals surface area contributed by atoms with Gasteiger partial charge in [0.05, 0.1) is 21.3 Å². The average Bonchev–Trinajstić information content (AvgIpc) is 3.31. The minimum Gasteiger partial charge on any atom is -0.302 e. The Balaban J connectivity index is 1.61. The van der Waals surface area contributed by atoms with Crippen LogP contribution in [0.1, 0.15) is 34.6 Å². The standard InChI is InChI=1S/C23H23FN4O3S/c1-3-26(4-2)11-12-27(23-25-18-10-9-15(24)13-19(18)32-23)20(29)14-28-21(30)16-7-5-6-8-17(16)22(28)31/h5-10,13H,3-4,11-12,14H2,1-2H3. The van der Waals surface area contributed by atoms with Crippen LogP contribution < -0.4 is 4.90 Å². The van der Waals surface area contributed by atoms with Crippen molar-refractivity contribution in [3.8, 4) is 0 Å². The maximum absolute atomic E-state index is 13.6. The normalized spacial score (nSPS) is 13.3. The van der Waals surface area contributed by atoms with Gasteiger partial charge in [0.1, 0.15) is 12.4 Å². The lowest BCUT2D eigenvalue weighted by atomic mass is 10.1. The van der Waals surface area contributed by atoms with Crippen molar-refractivity contribution in [1.29, 1.82) is 0 Å². The molecule has 2 aromatic carbocycles. The van der Waals surface area contributed by atoms with Gasteiger partial charge in [0.2, 0.25) is 5.91 Å². The monoisotopic (exact) mass is 454 g/mol. The quantitative estimate of drug-likeness (QED) is 0.488. The number of aromatic nitrogens is 1. The molecule has 32 heavy (non-hydrogen) atoms. The second kappa shape index (κ2) is 9.13. The number of anilines is 1. The molecule has 1 aromatic heterocycles. The molecule has 1 aliphatic rings. The van der Waals surface area contributed by atoms with Crippen molar-refractivity contribution in [2.75, 3.05) is 37.6 Å². The van der Waals surface area contributed by atoms with E-state index in [1.807, 2.05) is 13.8 Å². The minimum atomic E-state index is -0.478.